The summed E-state index contributed by atoms with van der Waals surface area (Å²) < 4.78 is 4.32. The van der Waals surface area contributed by atoms with Gasteiger partial charge in [0.25, 0.3) is 0 Å². The third-order valence-corrected chi connectivity index (χ3v) is 1.87. The van der Waals surface area contributed by atoms with Gasteiger partial charge < -0.3 is 0 Å². The van der Waals surface area contributed by atoms with Gasteiger partial charge in [-0.3, -0.25) is 0 Å². The minimum absolute atomic E-state index is 0.340. The Kier molecular flexibility index (Phi) is 5.49. The molecule has 2 nitrogen and oxygen atoms in total. The topological polar surface area (TPSA) is 15.6 Å². The van der Waals surface area contributed by atoms with Crippen LogP contribution in [-0.2, 0) is 0 Å². The van der Waals surface area contributed by atoms with Crippen LogP contribution in [0.25, 0.3) is 0 Å². The van der Waals surface area contributed by atoms with Crippen LogP contribution >= 0.6 is 0 Å². The summed E-state index contributed by atoms with van der Waals surface area (Å²) in [4.78, 5) is 5.99. The Morgan fingerprint density at radius 3 is 2.50 bits per heavy atom. The Hall–Kier alpha value is 0.210. The molecule has 3 heteroatoms. The molecule has 0 aliphatic carbocycles. The molecule has 0 saturated carbocycles. The van der Waals surface area contributed by atoms with Crippen molar-refractivity contribution in [2.24, 2.45) is 4.99 Å². The van der Waals surface area contributed by atoms with Crippen molar-refractivity contribution in [2.45, 2.75) is 4.68 Å². The van der Waals surface area contributed by atoms with Crippen LogP contribution in [0.15, 0.2) is 4.99 Å². The van der Waals surface area contributed by atoms with Crippen LogP contribution in [0.4, 0.5) is 0 Å². The molecule has 0 bridgehead atoms. The fraction of sp³-hybridized carbons (Fsp3) is 0.600. The first-order valence-electron chi connectivity index (χ1n) is 2.58. The third-order valence-electron chi connectivity index (χ3n) is 0.533. The quantitative estimate of drug-likeness (QED) is 0.469. The van der Waals surface area contributed by atoms with Crippen molar-refractivity contribution < 1.29 is 0 Å². The Bertz CT molecular complexity index is 96.6. The van der Waals surface area contributed by atoms with Crippen LogP contribution in [0.5, 0.6) is 0 Å². The molecule has 44 valence electrons. The Morgan fingerprint density at radius 2 is 2.12 bits per heavy atom. The molecule has 0 rings (SSSR count). The maximum atomic E-state index is 4.05. The van der Waals surface area contributed by atoms with E-state index in [4.69, 9.17) is 0 Å². The summed E-state index contributed by atoms with van der Waals surface area (Å²) in [5.74, 6) is 0. The first-order valence-corrected chi connectivity index (χ1v) is 7.78. The fourth-order valence-electron chi connectivity index (χ4n) is 0.258. The fourth-order valence-corrected chi connectivity index (χ4v) is 0.969. The van der Waals surface area contributed by atoms with Crippen molar-refractivity contribution in [3.05, 3.63) is 0 Å². The molecule has 0 unspecified atom stereocenters. The van der Waals surface area contributed by atoms with E-state index in [1.54, 1.807) is 0 Å². The van der Waals surface area contributed by atoms with Crippen molar-refractivity contribution >= 4 is 32.6 Å². The van der Waals surface area contributed by atoms with Gasteiger partial charge in [-0.25, -0.2) is 0 Å². The molecular weight excluding hydrogens is 203 g/mol. The molecule has 0 spiro atoms. The van der Waals surface area contributed by atoms with Crippen LogP contribution in [0, 0.1) is 0 Å². The summed E-state index contributed by atoms with van der Waals surface area (Å²) in [6, 6.07) is 0. The molecule has 0 radical (unpaired) electrons. The van der Waals surface area contributed by atoms with E-state index in [-0.39, 0.29) is 22.4 Å². The Morgan fingerprint density at radius 1 is 1.50 bits per heavy atom. The van der Waals surface area contributed by atoms with Gasteiger partial charge in [-0.15, -0.1) is 0 Å². The monoisotopic (exact) mass is 214 g/mol. The van der Waals surface area contributed by atoms with E-state index in [1.807, 2.05) is 25.3 Å². The molecule has 0 amide bonds. The zero-order valence-electron chi connectivity index (χ0n) is 5.63. The van der Waals surface area contributed by atoms with Crippen LogP contribution in [-0.4, -0.2) is 51.6 Å². The van der Waals surface area contributed by atoms with Crippen LogP contribution in [0.2, 0.25) is 4.68 Å². The standard InChI is InChI=1S/C4H8N2.CH3.In/c1-5-4-6(2)3;;/h1,4H,2-3H3;1H3;. The van der Waals surface area contributed by atoms with Crippen molar-refractivity contribution in [2.75, 3.05) is 14.1 Å². The molecule has 8 heavy (non-hydrogen) atoms. The second-order valence-electron chi connectivity index (χ2n) is 1.71. The summed E-state index contributed by atoms with van der Waals surface area (Å²) in [5, 5.41) is 0. The number of aliphatic imine (C=N–C) groups is 1. The molecule has 0 aliphatic heterocycles. The van der Waals surface area contributed by atoms with Crippen LogP contribution in [0.1, 0.15) is 0 Å². The normalized spacial score (nSPS) is 10.4. The van der Waals surface area contributed by atoms with E-state index >= 15 is 0 Å². The number of hydrogen-bond donors (Lipinski definition) is 0. The molecule has 0 fully saturated rings. The van der Waals surface area contributed by atoms with E-state index in [2.05, 4.69) is 13.6 Å². The average molecular weight is 214 g/mol. The molecule has 0 atom stereocenters. The zero-order chi connectivity index (χ0) is 6.41. The van der Waals surface area contributed by atoms with E-state index in [9.17, 15) is 0 Å². The van der Waals surface area contributed by atoms with Gasteiger partial charge in [0.05, 0.1) is 0 Å². The van der Waals surface area contributed by atoms with Crippen LogP contribution in [0.3, 0.4) is 0 Å². The summed E-state index contributed by atoms with van der Waals surface area (Å²) in [6.45, 7) is 0. The predicted molar refractivity (Wildman–Crippen MR) is 39.9 cm³/mol. The summed E-state index contributed by atoms with van der Waals surface area (Å²) in [7, 11) is 3.94. The SMILES string of the molecule is [CH3][In]=[CH]N=CN(C)C. The summed E-state index contributed by atoms with van der Waals surface area (Å²) in [6.07, 6.45) is 1.83. The molecule has 0 aromatic rings. The van der Waals surface area contributed by atoms with Crippen molar-refractivity contribution in [1.82, 2.24) is 4.90 Å². The van der Waals surface area contributed by atoms with Gasteiger partial charge in [-0.05, 0) is 0 Å². The van der Waals surface area contributed by atoms with Gasteiger partial charge >= 0.3 is 61.3 Å². The van der Waals surface area contributed by atoms with E-state index in [1.165, 1.54) is 0 Å². The molecule has 0 N–H and O–H groups in total. The second-order valence-corrected chi connectivity index (χ2v) is 4.46. The van der Waals surface area contributed by atoms with Gasteiger partial charge in [0.15, 0.2) is 0 Å². The average Bonchev–Trinajstić information content (AvgIpc) is 1.66. The first kappa shape index (κ1) is 8.21. The molecular formula is C5H11InN2. The van der Waals surface area contributed by atoms with Gasteiger partial charge in [0.1, 0.15) is 0 Å². The van der Waals surface area contributed by atoms with Gasteiger partial charge in [0.2, 0.25) is 0 Å². The predicted octanol–water partition coefficient (Wildman–Crippen LogP) is 0.0883. The number of nitrogens with zero attached hydrogens (tertiary/aromatic N) is 2. The summed E-state index contributed by atoms with van der Waals surface area (Å²) in [5.41, 5.74) is 0. The molecule has 0 heterocycles. The molecule has 0 aromatic heterocycles. The Balaban J connectivity index is 3.34. The maximum absolute atomic E-state index is 4.05. The van der Waals surface area contributed by atoms with Gasteiger partial charge in [0, 0.05) is 0 Å². The number of rotatable bonds is 2. The first-order chi connectivity index (χ1) is 3.77. The van der Waals surface area contributed by atoms with E-state index < -0.39 is 0 Å². The van der Waals surface area contributed by atoms with E-state index in [0.29, 0.717) is 0 Å². The van der Waals surface area contributed by atoms with Crippen molar-refractivity contribution in [3.63, 3.8) is 0 Å². The van der Waals surface area contributed by atoms with E-state index in [0.717, 1.165) is 0 Å². The van der Waals surface area contributed by atoms with Crippen molar-refractivity contribution in [1.29, 1.82) is 0 Å². The van der Waals surface area contributed by atoms with Gasteiger partial charge in [-0.2, -0.15) is 0 Å². The second kappa shape index (κ2) is 5.35. The van der Waals surface area contributed by atoms with Gasteiger partial charge in [-0.1, -0.05) is 0 Å². The van der Waals surface area contributed by atoms with Crippen LogP contribution < -0.4 is 0 Å². The molecule has 0 saturated heterocycles. The molecule has 0 aromatic carbocycles. The number of hydrogen-bond acceptors (Lipinski definition) is 1. The minimum atomic E-state index is -0.340. The third kappa shape index (κ3) is 6.21. The zero-order valence-corrected chi connectivity index (χ0v) is 8.92. The Labute approximate surface area is 61.4 Å². The van der Waals surface area contributed by atoms with Crippen molar-refractivity contribution in [3.8, 4) is 0 Å². The summed E-state index contributed by atoms with van der Waals surface area (Å²) >= 11 is -0.340. The molecule has 0 aliphatic rings.